The zero-order chi connectivity index (χ0) is 26.9. The van der Waals surface area contributed by atoms with Gasteiger partial charge in [0.1, 0.15) is 12.2 Å². The molecule has 2 fully saturated rings. The zero-order valence-corrected chi connectivity index (χ0v) is 19.9. The van der Waals surface area contributed by atoms with Crippen molar-refractivity contribution in [3.05, 3.63) is 60.0 Å². The molecule has 7 heteroatoms. The number of nitrogens with zero attached hydrogens (tertiary/aromatic N) is 4. The molecule has 0 bridgehead atoms. The summed E-state index contributed by atoms with van der Waals surface area (Å²) in [5.74, 6) is 5.95. The summed E-state index contributed by atoms with van der Waals surface area (Å²) in [4.78, 5) is 6.66. The molecule has 0 radical (unpaired) electrons. The van der Waals surface area contributed by atoms with Gasteiger partial charge in [-0.25, -0.2) is 4.98 Å². The lowest BCUT2D eigenvalue weighted by Gasteiger charge is -2.28. The number of aromatic nitrogens is 3. The summed E-state index contributed by atoms with van der Waals surface area (Å²) >= 11 is 0. The van der Waals surface area contributed by atoms with Crippen LogP contribution in [0.3, 0.4) is 0 Å². The summed E-state index contributed by atoms with van der Waals surface area (Å²) in [5.41, 5.74) is 7.39. The molecule has 3 N–H and O–H groups in total. The predicted octanol–water partition coefficient (Wildman–Crippen LogP) is 3.89. The molecule has 1 saturated heterocycles. The Bertz CT molecular complexity index is 1350. The van der Waals surface area contributed by atoms with E-state index in [4.69, 9.17) is 14.6 Å². The van der Waals surface area contributed by atoms with Gasteiger partial charge in [-0.05, 0) is 82.4 Å². The van der Waals surface area contributed by atoms with Crippen LogP contribution in [0.15, 0.2) is 48.9 Å². The van der Waals surface area contributed by atoms with Crippen LogP contribution in [0.4, 0.5) is 5.82 Å². The largest absolute Gasteiger partial charge is 0.485 e. The number of nitrogen functional groups attached to an aromatic ring is 1. The third-order valence-electron chi connectivity index (χ3n) is 6.77. The monoisotopic (exact) mass is 474 g/mol. The van der Waals surface area contributed by atoms with E-state index in [-0.39, 0.29) is 12.5 Å². The zero-order valence-electron chi connectivity index (χ0n) is 22.9. The quantitative estimate of drug-likeness (QED) is 0.527. The first kappa shape index (κ1) is 19.9. The van der Waals surface area contributed by atoms with Gasteiger partial charge < -0.3 is 20.5 Å². The first-order chi connectivity index (χ1) is 18.1. The molecule has 3 heterocycles. The molecule has 1 aromatic carbocycles. The van der Waals surface area contributed by atoms with Gasteiger partial charge in [-0.2, -0.15) is 5.10 Å². The van der Waals surface area contributed by atoms with Gasteiger partial charge in [0.25, 0.3) is 0 Å². The topological polar surface area (TPSA) is 89.4 Å². The van der Waals surface area contributed by atoms with Crippen LogP contribution in [0.1, 0.15) is 53.8 Å². The van der Waals surface area contributed by atoms with Gasteiger partial charge in [-0.1, -0.05) is 24.0 Å². The minimum absolute atomic E-state index is 0.228. The fourth-order valence-corrected chi connectivity index (χ4v) is 4.35. The molecular formula is C28H33N5O2. The Morgan fingerprint density at radius 1 is 1.20 bits per heavy atom. The second kappa shape index (κ2) is 9.73. The highest BCUT2D eigenvalue weighted by Crippen LogP contribution is 2.39. The van der Waals surface area contributed by atoms with E-state index in [1.54, 1.807) is 12.3 Å². The second-order valence-corrected chi connectivity index (χ2v) is 9.63. The minimum atomic E-state index is -2.55. The van der Waals surface area contributed by atoms with Crippen molar-refractivity contribution >= 4 is 5.82 Å². The van der Waals surface area contributed by atoms with E-state index in [1.165, 1.54) is 0 Å². The van der Waals surface area contributed by atoms with Crippen molar-refractivity contribution in [3.63, 3.8) is 0 Å². The van der Waals surface area contributed by atoms with Crippen molar-refractivity contribution in [2.24, 2.45) is 5.92 Å². The minimum Gasteiger partial charge on any atom is -0.485 e. The number of hydrogen-bond acceptors (Lipinski definition) is 6. The smallest absolute Gasteiger partial charge is 0.166 e. The summed E-state index contributed by atoms with van der Waals surface area (Å²) in [5, 5.41) is 15.3. The van der Waals surface area contributed by atoms with Crippen molar-refractivity contribution in [1.29, 1.82) is 0 Å². The van der Waals surface area contributed by atoms with E-state index >= 15 is 0 Å². The van der Waals surface area contributed by atoms with Gasteiger partial charge in [0.15, 0.2) is 11.6 Å². The molecule has 7 nitrogen and oxygen atoms in total. The van der Waals surface area contributed by atoms with Gasteiger partial charge >= 0.3 is 0 Å². The van der Waals surface area contributed by atoms with E-state index in [0.29, 0.717) is 36.0 Å². The van der Waals surface area contributed by atoms with Crippen LogP contribution in [0, 0.1) is 17.8 Å². The van der Waals surface area contributed by atoms with Crippen molar-refractivity contribution in [2.45, 2.75) is 50.8 Å². The Morgan fingerprint density at radius 2 is 2.03 bits per heavy atom. The first-order valence-electron chi connectivity index (χ1n) is 13.6. The maximum Gasteiger partial charge on any atom is 0.166 e. The average molecular weight is 475 g/mol. The highest BCUT2D eigenvalue weighted by molar-refractivity contribution is 5.65. The lowest BCUT2D eigenvalue weighted by Crippen LogP contribution is -2.31. The Kier molecular flexibility index (Phi) is 5.53. The van der Waals surface area contributed by atoms with Crippen LogP contribution in [0.2, 0.25) is 0 Å². The maximum atomic E-state index is 10.7. The number of ether oxygens (including phenoxy) is 1. The molecule has 2 aliphatic rings. The number of benzene rings is 1. The van der Waals surface area contributed by atoms with E-state index in [9.17, 15) is 5.11 Å². The molecule has 0 amide bonds. The van der Waals surface area contributed by atoms with Crippen LogP contribution in [-0.2, 0) is 6.61 Å². The van der Waals surface area contributed by atoms with Crippen LogP contribution in [-0.4, -0.2) is 50.5 Å². The molecule has 1 unspecified atom stereocenters. The summed E-state index contributed by atoms with van der Waals surface area (Å²) < 4.78 is 31.2. The molecule has 1 aliphatic heterocycles. The summed E-state index contributed by atoms with van der Waals surface area (Å²) in [7, 11) is 2.14. The van der Waals surface area contributed by atoms with Gasteiger partial charge in [-0.3, -0.25) is 4.68 Å². The number of piperidine rings is 1. The number of aliphatic hydroxyl groups is 1. The van der Waals surface area contributed by atoms with E-state index in [2.05, 4.69) is 40.1 Å². The molecule has 3 aromatic rings. The Hall–Kier alpha value is -3.34. The molecule has 1 saturated carbocycles. The normalized spacial score (nSPS) is 20.1. The second-order valence-electron chi connectivity index (χ2n) is 9.63. The highest BCUT2D eigenvalue weighted by Gasteiger charge is 2.38. The van der Waals surface area contributed by atoms with Gasteiger partial charge in [-0.15, -0.1) is 0 Å². The van der Waals surface area contributed by atoms with Crippen LogP contribution >= 0.6 is 0 Å². The van der Waals surface area contributed by atoms with Crippen molar-refractivity contribution in [2.75, 3.05) is 25.9 Å². The lowest BCUT2D eigenvalue weighted by molar-refractivity contribution is 0.0980. The van der Waals surface area contributed by atoms with Gasteiger partial charge in [0, 0.05) is 33.2 Å². The number of pyridine rings is 1. The molecule has 1 aliphatic carbocycles. The summed E-state index contributed by atoms with van der Waals surface area (Å²) in [6.45, 7) is -0.198. The van der Waals surface area contributed by atoms with Crippen molar-refractivity contribution in [1.82, 2.24) is 19.7 Å². The first-order valence-corrected chi connectivity index (χ1v) is 12.1. The Balaban J connectivity index is 1.28. The molecule has 182 valence electrons. The molecule has 0 spiro atoms. The van der Waals surface area contributed by atoms with Crippen molar-refractivity contribution < 1.29 is 14.0 Å². The number of rotatable bonds is 6. The summed E-state index contributed by atoms with van der Waals surface area (Å²) in [6.07, 6.45) is 9.12. The number of anilines is 1. The van der Waals surface area contributed by atoms with E-state index in [1.807, 2.05) is 35.1 Å². The Morgan fingerprint density at radius 3 is 2.80 bits per heavy atom. The van der Waals surface area contributed by atoms with E-state index < -0.39 is 12.5 Å². The maximum absolute atomic E-state index is 10.7. The number of likely N-dealkylation sites (tertiary alicyclic amines) is 1. The fraction of sp³-hybridized carbons (Fsp3) is 0.429. The predicted molar refractivity (Wildman–Crippen MR) is 137 cm³/mol. The third kappa shape index (κ3) is 5.67. The van der Waals surface area contributed by atoms with Crippen LogP contribution < -0.4 is 10.5 Å². The average Bonchev–Trinajstić information content (AvgIpc) is 3.64. The fourth-order valence-electron chi connectivity index (χ4n) is 4.35. The van der Waals surface area contributed by atoms with Gasteiger partial charge in [0.2, 0.25) is 0 Å². The molecular weight excluding hydrogens is 438 g/mol. The Labute approximate surface area is 211 Å². The molecule has 1 atom stereocenters. The standard InChI is InChI=1S/C28H33N5O2/c1-28(34,24-6-7-24)11-8-20-4-3-5-21(14-20)19-35-26-15-22(16-30-27(26)29)23-17-31-33(18-23)25-9-12-32(2)13-10-25/h3-5,14-18,24-25,34H,6-7,9-10,12-13,19H2,1-2H3,(H2,29,30)/i1D3. The molecule has 5 rings (SSSR count). The third-order valence-corrected chi connectivity index (χ3v) is 6.77. The van der Waals surface area contributed by atoms with Crippen LogP contribution in [0.5, 0.6) is 5.75 Å². The number of nitrogens with two attached hydrogens (primary N) is 1. The molecule has 35 heavy (non-hydrogen) atoms. The van der Waals surface area contributed by atoms with E-state index in [0.717, 1.165) is 42.6 Å². The van der Waals surface area contributed by atoms with Gasteiger partial charge in [0.05, 0.1) is 12.2 Å². The highest BCUT2D eigenvalue weighted by atomic mass is 16.5. The van der Waals surface area contributed by atoms with Crippen molar-refractivity contribution in [3.8, 4) is 28.7 Å². The lowest BCUT2D eigenvalue weighted by atomic mass is 10.0. The summed E-state index contributed by atoms with van der Waals surface area (Å²) in [6, 6.07) is 9.58. The SMILES string of the molecule is [2H]C([2H])([2H])C(O)(C#Cc1cccc(COc2cc(-c3cnn(C4CCN(C)CC4)c3)cnc2N)c1)C1CC1. The number of hydrogen-bond donors (Lipinski definition) is 2. The molecule has 2 aromatic heterocycles. The van der Waals surface area contributed by atoms with Crippen LogP contribution in [0.25, 0.3) is 11.1 Å².